The van der Waals surface area contributed by atoms with Gasteiger partial charge in [-0.05, 0) is 143 Å². The number of hydrogen-bond donors (Lipinski definition) is 0. The average molecular weight is 1980 g/mol. The van der Waals surface area contributed by atoms with Crippen molar-refractivity contribution in [1.82, 2.24) is 0 Å². The first-order valence-corrected chi connectivity index (χ1v) is 54.7. The predicted molar refractivity (Wildman–Crippen MR) is 555 cm³/mol. The molecule has 0 spiro atoms. The second-order valence-electron chi connectivity index (χ2n) is 31.5. The molecule has 0 N–H and O–H groups in total. The monoisotopic (exact) mass is 1970 g/mol. The van der Waals surface area contributed by atoms with Crippen LogP contribution in [0.1, 0.15) is 176 Å². The summed E-state index contributed by atoms with van der Waals surface area (Å²) in [6, 6.07) is 105. The second kappa shape index (κ2) is 52.6. The Morgan fingerprint density at radius 1 is 0.238 bits per heavy atom. The number of benzene rings is 13. The maximum atomic E-state index is 7.59. The van der Waals surface area contributed by atoms with Crippen LogP contribution in [0.2, 0.25) is 0 Å². The van der Waals surface area contributed by atoms with Crippen LogP contribution in [-0.4, -0.2) is 29.0 Å². The van der Waals surface area contributed by atoms with E-state index in [0.29, 0.717) is 0 Å². The van der Waals surface area contributed by atoms with E-state index in [0.717, 1.165) is 107 Å². The first kappa shape index (κ1) is 85.7. The van der Waals surface area contributed by atoms with Crippen molar-refractivity contribution in [3.63, 3.8) is 0 Å². The van der Waals surface area contributed by atoms with E-state index in [4.69, 9.17) is 37.6 Å². The van der Waals surface area contributed by atoms with Crippen LogP contribution >= 0.6 is 59.5 Å². The van der Waals surface area contributed by atoms with Crippen molar-refractivity contribution >= 4 is 59.5 Å². The number of halogens is 3. The van der Waals surface area contributed by atoms with Gasteiger partial charge < -0.3 is 4.74 Å². The minimum Gasteiger partial charge on any atom is -0.199 e. The van der Waals surface area contributed by atoms with E-state index in [9.17, 15) is 0 Å². The molecule has 8 heteroatoms. The normalized spacial score (nSPS) is 13.2. The third-order valence-electron chi connectivity index (χ3n) is 22.0. The number of alkyl halides is 3. The minimum atomic E-state index is -2.40. The number of aryl methyl sites for hydroxylation is 25. The number of rotatable bonds is 8. The van der Waals surface area contributed by atoms with E-state index in [-0.39, 0.29) is 4.28 Å². The zero-order valence-electron chi connectivity index (χ0n) is 84.3. The van der Waals surface area contributed by atoms with E-state index in [1.807, 2.05) is 24.3 Å². The van der Waals surface area contributed by atoms with Gasteiger partial charge >= 0.3 is 441 Å². The van der Waals surface area contributed by atoms with Crippen LogP contribution in [0.15, 0.2) is 273 Å². The van der Waals surface area contributed by atoms with E-state index in [1.54, 1.807) is 43.2 Å². The minimum absolute atomic E-state index is 0. The van der Waals surface area contributed by atoms with Crippen molar-refractivity contribution in [1.29, 1.82) is 15.8 Å². The van der Waals surface area contributed by atoms with Crippen molar-refractivity contribution in [2.75, 3.05) is 29.0 Å². The third-order valence-corrected chi connectivity index (χ3v) is 38.5. The van der Waals surface area contributed by atoms with Crippen molar-refractivity contribution in [3.8, 4) is 29.7 Å². The van der Waals surface area contributed by atoms with Crippen molar-refractivity contribution in [3.05, 3.63) is 433 Å². The first-order valence-electron chi connectivity index (χ1n) is 46.3. The molecular weight excluding hydrogens is 1820 g/mol. The smallest absolute Gasteiger partial charge is 0.0587 e. The van der Waals surface area contributed by atoms with Gasteiger partial charge in [0.15, 0.2) is 0 Å². The summed E-state index contributed by atoms with van der Waals surface area (Å²) in [5, 5.41) is 22.8. The Balaban J connectivity index is 0.000000325. The van der Waals surface area contributed by atoms with Gasteiger partial charge in [-0.25, -0.2) is 0 Å². The molecule has 0 saturated carbocycles. The van der Waals surface area contributed by atoms with E-state index >= 15 is 0 Å². The standard InChI is InChI=1S/C25H27I.C24H25I.C17H18.C16H19IO.2C9H12.C8H10O.3C2H3N.3H2/c1-18-4-5-19(2)24(16-18)26(3)25-17-22-11-10-20-6-8-21(9-7-20)12-14-23(25)15-13-22;1-18-3-15-23(16-4-18)25(2)24-17-21-10-9-19-5-7-20(8-6-19)11-13-22(24)14-12-21;1-13-12-16-7-6-14-2-4-15(5-3-14)8-10-17(13)11-9-16;1-12-5-6-13(2)16(11-12)17(3)14-7-9-15(18-4)10-8-14;2*1-7-4-5-8(2)9(3)6-7;1-7-3-5-8(9-2)6-4-7;3*1-2-3;;;/h4-9,13,15-17H,10-12,14H2,1-3H3;3-8,12,14-17H,9-11,13H2,1-2H3;2-5,9,11-12H,6-8,10H2,1H3;5-11H,1-4H3;2*4-6H,1-3H3;3-6H,1-2H3;3*1H3;3*1H/i;;;;;;;3*1D3;3*1+1. The summed E-state index contributed by atoms with van der Waals surface area (Å²) in [6.45, 7) is 20.9. The molecule has 0 aliphatic heterocycles. The fraction of sp³-hybridized carbons (Fsp3) is 0.289. The Kier molecular flexibility index (Phi) is 36.9. The largest absolute Gasteiger partial charge is 0.199 e. The van der Waals surface area contributed by atoms with Crippen LogP contribution in [0, 0.1) is 145 Å². The van der Waals surface area contributed by atoms with Crippen LogP contribution in [-0.2, 0) is 77.0 Å². The van der Waals surface area contributed by atoms with Crippen LogP contribution < -0.4 is 9.47 Å². The van der Waals surface area contributed by atoms with Gasteiger partial charge in [0.05, 0.1) is 25.3 Å². The maximum Gasteiger partial charge on any atom is 0.0587 e. The van der Waals surface area contributed by atoms with E-state index < -0.39 is 80.0 Å². The molecule has 122 heavy (non-hydrogen) atoms. The Bertz CT molecular complexity index is 5790. The quantitative estimate of drug-likeness (QED) is 0.112. The zero-order valence-corrected chi connectivity index (χ0v) is 81.7. The number of nitrogens with zero attached hydrogens (tertiary/aromatic N) is 3. The molecule has 25 rings (SSSR count). The Morgan fingerprint density at radius 3 is 0.811 bits per heavy atom. The summed E-state index contributed by atoms with van der Waals surface area (Å²) in [5.74, 6) is 1.85. The predicted octanol–water partition coefficient (Wildman–Crippen LogP) is 30.3. The summed E-state index contributed by atoms with van der Waals surface area (Å²) < 4.78 is 75.1. The molecule has 0 amide bonds. The van der Waals surface area contributed by atoms with Gasteiger partial charge in [-0.1, -0.05) is 108 Å². The maximum absolute atomic E-state index is 7.59. The summed E-state index contributed by atoms with van der Waals surface area (Å²) >= 11 is -3.99. The van der Waals surface area contributed by atoms with E-state index in [2.05, 4.69) is 354 Å². The van der Waals surface area contributed by atoms with Crippen LogP contribution in [0.4, 0.5) is 0 Å². The molecule has 12 aliphatic carbocycles. The topological polar surface area (TPSA) is 89.8 Å². The molecule has 0 saturated heterocycles. The molecule has 13 aromatic carbocycles. The molecule has 0 unspecified atom stereocenters. The molecule has 13 aromatic rings. The third kappa shape index (κ3) is 33.1. The number of hydrogen-bond acceptors (Lipinski definition) is 5. The van der Waals surface area contributed by atoms with Gasteiger partial charge in [-0.2, -0.15) is 15.8 Å². The van der Waals surface area contributed by atoms with Gasteiger partial charge in [0, 0.05) is 37.2 Å². The molecule has 0 heterocycles. The van der Waals surface area contributed by atoms with Crippen LogP contribution in [0.25, 0.3) is 0 Å². The zero-order chi connectivity index (χ0) is 96.1. The molecule has 5 nitrogen and oxygen atoms in total. The molecule has 0 aromatic heterocycles. The molecule has 642 valence electrons. The Hall–Kier alpha value is -9.88. The summed E-state index contributed by atoms with van der Waals surface area (Å²) in [5.41, 5.74) is 35.8. The van der Waals surface area contributed by atoms with Gasteiger partial charge in [0.1, 0.15) is 5.75 Å². The Labute approximate surface area is 774 Å². The van der Waals surface area contributed by atoms with Gasteiger partial charge in [-0.3, -0.25) is 0 Å². The second-order valence-corrected chi connectivity index (χ2v) is 46.7. The van der Waals surface area contributed by atoms with Gasteiger partial charge in [-0.15, -0.1) is 0 Å². The summed E-state index contributed by atoms with van der Waals surface area (Å²) in [4.78, 5) is 7.46. The summed E-state index contributed by atoms with van der Waals surface area (Å²) in [6.07, 6.45) is 13.8. The Morgan fingerprint density at radius 2 is 0.484 bits per heavy atom. The van der Waals surface area contributed by atoms with Crippen molar-refractivity contribution in [2.45, 2.75) is 188 Å². The summed E-state index contributed by atoms with van der Waals surface area (Å²) in [7, 11) is 3.38. The number of methoxy groups -OCH3 is 2. The van der Waals surface area contributed by atoms with E-state index in [1.165, 1.54) is 132 Å². The fourth-order valence-corrected chi connectivity index (χ4v) is 28.6. The average Bonchev–Trinajstić information content (AvgIpc) is 0.777. The fourth-order valence-electron chi connectivity index (χ4n) is 14.2. The molecule has 12 bridgehead atoms. The molecular formula is C114H138I3N3O2. The number of nitriles is 3. The molecule has 0 radical (unpaired) electrons. The van der Waals surface area contributed by atoms with Gasteiger partial charge in [0.2, 0.25) is 0 Å². The molecule has 0 atom stereocenters. The van der Waals surface area contributed by atoms with Crippen LogP contribution in [0.5, 0.6) is 11.5 Å². The number of ether oxygens (including phenoxy) is 2. The molecule has 0 fully saturated rings. The first-order chi connectivity index (χ1) is 62.1. The molecule has 12 aliphatic rings. The van der Waals surface area contributed by atoms with Gasteiger partial charge in [0.25, 0.3) is 0 Å². The SMILES string of the molecule is COc1ccc(C)cc1.COc1ccc(I(C)c2cc(C)ccc2C)cc1.Cc1cc2ccc1CCc1ccc(cc1)CC2.Cc1ccc(C)c(C)c1.Cc1ccc(C)c(C)c1.Cc1ccc(C)c(I(C)c2cc3ccc2CCc2ccc(cc2)CC3)c1.Cc1ccc(I(C)c2cc3ccc2CCc2ccc(cc2)CC3)cc1.[2HH].[2HH].[2HH].[2H]C([2H])([2H])C#N.[2H]C([2H])([2H])C#N.[2H]C([2H])([2H])C#N. The van der Waals surface area contributed by atoms with Crippen LogP contribution in [0.3, 0.4) is 0 Å². The van der Waals surface area contributed by atoms with Crippen molar-refractivity contribution < 1.29 is 26.1 Å². The van der Waals surface area contributed by atoms with Crippen molar-refractivity contribution in [2.24, 2.45) is 0 Å².